The van der Waals surface area contributed by atoms with Crippen molar-refractivity contribution in [2.75, 3.05) is 7.11 Å². The minimum absolute atomic E-state index is 0.131. The second-order valence-corrected chi connectivity index (χ2v) is 7.95. The molecule has 32 heavy (non-hydrogen) atoms. The van der Waals surface area contributed by atoms with E-state index in [2.05, 4.69) is 6.92 Å². The molecule has 0 spiro atoms. The van der Waals surface area contributed by atoms with E-state index < -0.39 is 6.04 Å². The van der Waals surface area contributed by atoms with Crippen LogP contribution in [0.15, 0.2) is 82.0 Å². The van der Waals surface area contributed by atoms with E-state index in [0.717, 1.165) is 23.3 Å². The van der Waals surface area contributed by atoms with Crippen molar-refractivity contribution in [3.63, 3.8) is 0 Å². The van der Waals surface area contributed by atoms with Gasteiger partial charge in [-0.3, -0.25) is 9.59 Å². The van der Waals surface area contributed by atoms with Gasteiger partial charge in [-0.25, -0.2) is 0 Å². The van der Waals surface area contributed by atoms with Gasteiger partial charge in [-0.2, -0.15) is 0 Å². The van der Waals surface area contributed by atoms with Gasteiger partial charge in [0.2, 0.25) is 5.76 Å². The minimum Gasteiger partial charge on any atom is -0.497 e. The third kappa shape index (κ3) is 3.26. The number of carbonyl (C=O) groups excluding carboxylic acids is 1. The summed E-state index contributed by atoms with van der Waals surface area (Å²) >= 11 is 0. The molecule has 1 amide bonds. The first-order valence-corrected chi connectivity index (χ1v) is 10.7. The number of benzene rings is 3. The van der Waals surface area contributed by atoms with Crippen LogP contribution in [-0.2, 0) is 13.0 Å². The lowest BCUT2D eigenvalue weighted by atomic mass is 9.97. The SMILES string of the molecule is CCc1ccc(C2c3c(oc4ccccc4c3=O)C(=O)N2Cc2ccc(OC)cc2)cc1. The number of para-hydroxylation sites is 1. The zero-order valence-electron chi connectivity index (χ0n) is 18.0. The van der Waals surface area contributed by atoms with Crippen LogP contribution in [0.3, 0.4) is 0 Å². The number of methoxy groups -OCH3 is 1. The van der Waals surface area contributed by atoms with Crippen LogP contribution in [0.25, 0.3) is 11.0 Å². The number of ether oxygens (including phenoxy) is 1. The fourth-order valence-corrected chi connectivity index (χ4v) is 4.34. The Morgan fingerprint density at radius 1 is 0.906 bits per heavy atom. The summed E-state index contributed by atoms with van der Waals surface area (Å²) in [6.45, 7) is 2.45. The van der Waals surface area contributed by atoms with Gasteiger partial charge in [0.05, 0.1) is 24.1 Å². The molecule has 160 valence electrons. The molecule has 5 heteroatoms. The van der Waals surface area contributed by atoms with Crippen molar-refractivity contribution in [2.24, 2.45) is 0 Å². The van der Waals surface area contributed by atoms with Gasteiger partial charge in [0, 0.05) is 6.54 Å². The number of fused-ring (bicyclic) bond motifs is 2. The number of nitrogens with zero attached hydrogens (tertiary/aromatic N) is 1. The Bertz CT molecular complexity index is 1350. The highest BCUT2D eigenvalue weighted by atomic mass is 16.5. The lowest BCUT2D eigenvalue weighted by molar-refractivity contribution is 0.0714. The Labute approximate surface area is 185 Å². The van der Waals surface area contributed by atoms with Crippen LogP contribution in [0.4, 0.5) is 0 Å². The first-order valence-electron chi connectivity index (χ1n) is 10.7. The van der Waals surface area contributed by atoms with Crippen molar-refractivity contribution in [2.45, 2.75) is 25.9 Å². The van der Waals surface area contributed by atoms with Crippen molar-refractivity contribution in [1.82, 2.24) is 4.90 Å². The van der Waals surface area contributed by atoms with E-state index in [1.165, 1.54) is 5.56 Å². The van der Waals surface area contributed by atoms with E-state index in [-0.39, 0.29) is 17.1 Å². The van der Waals surface area contributed by atoms with E-state index in [9.17, 15) is 9.59 Å². The average molecular weight is 425 g/mol. The largest absolute Gasteiger partial charge is 0.497 e. The number of rotatable bonds is 5. The van der Waals surface area contributed by atoms with E-state index in [0.29, 0.717) is 23.1 Å². The van der Waals surface area contributed by atoms with Crippen molar-refractivity contribution < 1.29 is 13.9 Å². The molecule has 3 aromatic carbocycles. The van der Waals surface area contributed by atoms with Crippen LogP contribution in [0, 0.1) is 0 Å². The van der Waals surface area contributed by atoms with Gasteiger partial charge >= 0.3 is 0 Å². The van der Waals surface area contributed by atoms with Crippen LogP contribution >= 0.6 is 0 Å². The van der Waals surface area contributed by atoms with Crippen LogP contribution < -0.4 is 10.2 Å². The molecule has 0 bridgehead atoms. The molecule has 0 radical (unpaired) electrons. The predicted molar refractivity (Wildman–Crippen MR) is 123 cm³/mol. The quantitative estimate of drug-likeness (QED) is 0.446. The number of carbonyl (C=O) groups is 1. The second kappa shape index (κ2) is 8.00. The molecule has 5 nitrogen and oxygen atoms in total. The van der Waals surface area contributed by atoms with Gasteiger partial charge in [-0.15, -0.1) is 0 Å². The van der Waals surface area contributed by atoms with Crippen LogP contribution in [-0.4, -0.2) is 17.9 Å². The summed E-state index contributed by atoms with van der Waals surface area (Å²) in [6, 6.07) is 22.3. The van der Waals surface area contributed by atoms with Gasteiger partial charge in [0.25, 0.3) is 5.91 Å². The molecule has 5 rings (SSSR count). The number of aryl methyl sites for hydroxylation is 1. The standard InChI is InChI=1S/C27H23NO4/c1-3-17-8-12-19(13-9-17)24-23-25(29)21-6-4-5-7-22(21)32-26(23)27(30)28(24)16-18-10-14-20(31-2)15-11-18/h4-15,24H,3,16H2,1-2H3. The van der Waals surface area contributed by atoms with Gasteiger partial charge < -0.3 is 14.1 Å². The van der Waals surface area contributed by atoms with Gasteiger partial charge in [-0.05, 0) is 47.4 Å². The summed E-state index contributed by atoms with van der Waals surface area (Å²) in [5.41, 5.74) is 3.72. The fourth-order valence-electron chi connectivity index (χ4n) is 4.34. The molecule has 2 heterocycles. The van der Waals surface area contributed by atoms with Gasteiger partial charge in [-0.1, -0.05) is 55.5 Å². The molecule has 1 aliphatic heterocycles. The molecule has 0 N–H and O–H groups in total. The Balaban J connectivity index is 1.66. The van der Waals surface area contributed by atoms with Crippen LogP contribution in [0.5, 0.6) is 5.75 Å². The fraction of sp³-hybridized carbons (Fsp3) is 0.185. The molecule has 1 atom stereocenters. The highest BCUT2D eigenvalue weighted by Crippen LogP contribution is 2.39. The summed E-state index contributed by atoms with van der Waals surface area (Å²) in [7, 11) is 1.62. The van der Waals surface area contributed by atoms with Crippen molar-refractivity contribution in [3.05, 3.63) is 111 Å². The molecule has 1 unspecified atom stereocenters. The molecule has 1 aromatic heterocycles. The van der Waals surface area contributed by atoms with Crippen molar-refractivity contribution >= 4 is 16.9 Å². The molecule has 0 saturated carbocycles. The maximum absolute atomic E-state index is 13.5. The first-order chi connectivity index (χ1) is 15.6. The number of hydrogen-bond acceptors (Lipinski definition) is 4. The Hall–Kier alpha value is -3.86. The number of hydrogen-bond donors (Lipinski definition) is 0. The maximum Gasteiger partial charge on any atom is 0.291 e. The first kappa shape index (κ1) is 20.1. The molecular formula is C27H23NO4. The summed E-state index contributed by atoms with van der Waals surface area (Å²) in [5, 5.41) is 0.487. The van der Waals surface area contributed by atoms with Gasteiger partial charge in [0.1, 0.15) is 11.3 Å². The molecular weight excluding hydrogens is 402 g/mol. The lowest BCUT2D eigenvalue weighted by Gasteiger charge is -2.25. The van der Waals surface area contributed by atoms with Crippen molar-refractivity contribution in [3.8, 4) is 5.75 Å². The van der Waals surface area contributed by atoms with Gasteiger partial charge in [0.15, 0.2) is 5.43 Å². The van der Waals surface area contributed by atoms with Crippen LogP contribution in [0.1, 0.15) is 45.8 Å². The van der Waals surface area contributed by atoms with Crippen LogP contribution in [0.2, 0.25) is 0 Å². The Morgan fingerprint density at radius 2 is 1.59 bits per heavy atom. The predicted octanol–water partition coefficient (Wildman–Crippen LogP) is 5.11. The van der Waals surface area contributed by atoms with Crippen molar-refractivity contribution in [1.29, 1.82) is 0 Å². The summed E-state index contributed by atoms with van der Waals surface area (Å²) in [4.78, 5) is 28.7. The molecule has 4 aromatic rings. The summed E-state index contributed by atoms with van der Waals surface area (Å²) in [6.07, 6.45) is 0.919. The van der Waals surface area contributed by atoms with E-state index in [1.807, 2.05) is 54.6 Å². The monoisotopic (exact) mass is 425 g/mol. The summed E-state index contributed by atoms with van der Waals surface area (Å²) < 4.78 is 11.2. The lowest BCUT2D eigenvalue weighted by Crippen LogP contribution is -2.29. The summed E-state index contributed by atoms with van der Waals surface area (Å²) in [5.74, 6) is 0.606. The van der Waals surface area contributed by atoms with E-state index >= 15 is 0 Å². The third-order valence-corrected chi connectivity index (χ3v) is 6.09. The smallest absolute Gasteiger partial charge is 0.291 e. The Kier molecular flexibility index (Phi) is 5.02. The Morgan fingerprint density at radius 3 is 2.28 bits per heavy atom. The van der Waals surface area contributed by atoms with E-state index in [1.54, 1.807) is 30.2 Å². The highest BCUT2D eigenvalue weighted by molar-refractivity contribution is 5.99. The normalized spacial score (nSPS) is 15.2. The second-order valence-electron chi connectivity index (χ2n) is 7.95. The zero-order valence-corrected chi connectivity index (χ0v) is 18.0. The molecule has 0 saturated heterocycles. The third-order valence-electron chi connectivity index (χ3n) is 6.09. The zero-order chi connectivity index (χ0) is 22.2. The highest BCUT2D eigenvalue weighted by Gasteiger charge is 2.42. The molecule has 0 aliphatic carbocycles. The maximum atomic E-state index is 13.5. The van der Waals surface area contributed by atoms with E-state index in [4.69, 9.17) is 9.15 Å². The molecule has 1 aliphatic rings. The topological polar surface area (TPSA) is 59.8 Å². The average Bonchev–Trinajstić information content (AvgIpc) is 3.11. The molecule has 0 fully saturated rings. The number of amides is 1. The minimum atomic E-state index is -0.508.